The van der Waals surface area contributed by atoms with Gasteiger partial charge in [-0.1, -0.05) is 218 Å². The third-order valence-electron chi connectivity index (χ3n) is 14.1. The summed E-state index contributed by atoms with van der Waals surface area (Å²) < 4.78 is 2.53. The van der Waals surface area contributed by atoms with Gasteiger partial charge in [-0.15, -0.1) is 0 Å². The lowest BCUT2D eigenvalue weighted by atomic mass is 9.68. The molecule has 0 radical (unpaired) electrons. The first-order valence-corrected chi connectivity index (χ1v) is 23.2. The molecule has 1 aliphatic carbocycles. The fourth-order valence-electron chi connectivity index (χ4n) is 11.2. The van der Waals surface area contributed by atoms with Gasteiger partial charge in [-0.05, 0) is 104 Å². The molecule has 2 heteroatoms. The number of anilines is 3. The van der Waals surface area contributed by atoms with Gasteiger partial charge >= 0.3 is 0 Å². The molecule has 1 heterocycles. The zero-order valence-corrected chi connectivity index (χ0v) is 36.8. The SMILES string of the molecule is c1ccc(N(c2ccc(-c3ccccc3-c3ccc4c5ccccc5n(-c5cccc6c5-c5ccccc5C6(c5ccccc5)c5ccccc5)c4c3)cc2)c2cccc3ccccc23)cc1. The maximum absolute atomic E-state index is 2.53. The Balaban J connectivity index is 0.977. The summed E-state index contributed by atoms with van der Waals surface area (Å²) in [5.41, 5.74) is 18.8. The van der Waals surface area contributed by atoms with E-state index < -0.39 is 5.41 Å². The lowest BCUT2D eigenvalue weighted by Crippen LogP contribution is -2.28. The predicted octanol–water partition coefficient (Wildman–Crippen LogP) is 17.1. The zero-order chi connectivity index (χ0) is 44.3. The van der Waals surface area contributed by atoms with Crippen LogP contribution in [0.15, 0.2) is 267 Å². The molecular weight excluding hydrogens is 809 g/mol. The van der Waals surface area contributed by atoms with Gasteiger partial charge in [-0.2, -0.15) is 0 Å². The first-order valence-electron chi connectivity index (χ1n) is 23.2. The number of hydrogen-bond acceptors (Lipinski definition) is 1. The van der Waals surface area contributed by atoms with Crippen LogP contribution in [0.3, 0.4) is 0 Å². The molecule has 0 atom stereocenters. The monoisotopic (exact) mass is 852 g/mol. The molecule has 13 rings (SSSR count). The Morgan fingerprint density at radius 1 is 0.328 bits per heavy atom. The molecule has 0 unspecified atom stereocenters. The molecule has 0 saturated carbocycles. The van der Waals surface area contributed by atoms with E-state index >= 15 is 0 Å². The lowest BCUT2D eigenvalue weighted by Gasteiger charge is -2.34. The molecule has 0 N–H and O–H groups in total. The first kappa shape index (κ1) is 38.7. The molecule has 0 spiro atoms. The summed E-state index contributed by atoms with van der Waals surface area (Å²) in [6.07, 6.45) is 0. The second kappa shape index (κ2) is 15.8. The molecule has 2 nitrogen and oxygen atoms in total. The minimum atomic E-state index is -0.490. The minimum Gasteiger partial charge on any atom is -0.310 e. The molecule has 0 amide bonds. The van der Waals surface area contributed by atoms with Gasteiger partial charge in [0.1, 0.15) is 0 Å². The summed E-state index contributed by atoms with van der Waals surface area (Å²) in [5.74, 6) is 0. The van der Waals surface area contributed by atoms with E-state index in [0.717, 1.165) is 17.1 Å². The molecule has 0 saturated heterocycles. The summed E-state index contributed by atoms with van der Waals surface area (Å²) in [4.78, 5) is 2.37. The van der Waals surface area contributed by atoms with Crippen LogP contribution in [0.5, 0.6) is 0 Å². The van der Waals surface area contributed by atoms with Crippen molar-refractivity contribution in [1.29, 1.82) is 0 Å². The van der Waals surface area contributed by atoms with Crippen molar-refractivity contribution in [3.8, 4) is 39.1 Å². The standard InChI is InChI=1S/C65H44N2/c1-4-22-48(23-5-1)65(49-24-6-2-7-25-49)58-33-16-14-32-57(58)64-59(65)34-19-37-62(64)67-61-35-17-15-31-55(61)56-43-40-47(44-63(56)67)53-29-13-12-28-52(53)46-38-41-51(42-39-46)66(50-26-8-3-9-27-50)60-36-18-21-45-20-10-11-30-54(45)60/h1-44H. The van der Waals surface area contributed by atoms with Gasteiger partial charge in [0.25, 0.3) is 0 Å². The van der Waals surface area contributed by atoms with Crippen molar-refractivity contribution in [1.82, 2.24) is 4.57 Å². The van der Waals surface area contributed by atoms with E-state index in [1.54, 1.807) is 0 Å². The van der Waals surface area contributed by atoms with Gasteiger partial charge in [-0.25, -0.2) is 0 Å². The van der Waals surface area contributed by atoms with Crippen LogP contribution < -0.4 is 4.90 Å². The molecule has 1 aliphatic rings. The van der Waals surface area contributed by atoms with Crippen molar-refractivity contribution in [2.24, 2.45) is 0 Å². The Kier molecular flexibility index (Phi) is 9.11. The average Bonchev–Trinajstić information content (AvgIpc) is 3.90. The second-order valence-corrected chi connectivity index (χ2v) is 17.6. The first-order chi connectivity index (χ1) is 33.3. The van der Waals surface area contributed by atoms with Crippen LogP contribution in [0.25, 0.3) is 71.6 Å². The van der Waals surface area contributed by atoms with E-state index in [2.05, 4.69) is 276 Å². The fourth-order valence-corrected chi connectivity index (χ4v) is 11.2. The van der Waals surface area contributed by atoms with Crippen LogP contribution in [0.4, 0.5) is 17.1 Å². The molecule has 67 heavy (non-hydrogen) atoms. The number of rotatable bonds is 8. The van der Waals surface area contributed by atoms with Crippen LogP contribution >= 0.6 is 0 Å². The maximum atomic E-state index is 2.53. The molecule has 314 valence electrons. The Labute approximate surface area is 390 Å². The summed E-state index contributed by atoms with van der Waals surface area (Å²) in [6, 6.07) is 97.9. The van der Waals surface area contributed by atoms with Gasteiger partial charge in [0.05, 0.1) is 27.8 Å². The molecule has 11 aromatic carbocycles. The summed E-state index contributed by atoms with van der Waals surface area (Å²) in [5, 5.41) is 4.91. The number of nitrogens with zero attached hydrogens (tertiary/aromatic N) is 2. The Hall–Kier alpha value is -8.72. The number of hydrogen-bond donors (Lipinski definition) is 0. The van der Waals surface area contributed by atoms with E-state index in [-0.39, 0.29) is 0 Å². The lowest BCUT2D eigenvalue weighted by molar-refractivity contribution is 0.768. The number of para-hydroxylation sites is 2. The van der Waals surface area contributed by atoms with Crippen molar-refractivity contribution in [2.45, 2.75) is 5.41 Å². The summed E-state index contributed by atoms with van der Waals surface area (Å²) >= 11 is 0. The normalized spacial score (nSPS) is 12.6. The van der Waals surface area contributed by atoms with Crippen LogP contribution in [0.2, 0.25) is 0 Å². The smallest absolute Gasteiger partial charge is 0.0714 e. The Bertz CT molecular complexity index is 3750. The van der Waals surface area contributed by atoms with E-state index in [1.165, 1.54) is 93.9 Å². The third-order valence-corrected chi connectivity index (χ3v) is 14.1. The van der Waals surface area contributed by atoms with E-state index in [0.29, 0.717) is 0 Å². The average molecular weight is 853 g/mol. The van der Waals surface area contributed by atoms with E-state index in [1.807, 2.05) is 0 Å². The largest absolute Gasteiger partial charge is 0.310 e. The fraction of sp³-hybridized carbons (Fsp3) is 0.0154. The highest BCUT2D eigenvalue weighted by atomic mass is 15.1. The van der Waals surface area contributed by atoms with Crippen molar-refractivity contribution in [3.05, 3.63) is 289 Å². The van der Waals surface area contributed by atoms with Crippen LogP contribution in [0, 0.1) is 0 Å². The summed E-state index contributed by atoms with van der Waals surface area (Å²) in [7, 11) is 0. The van der Waals surface area contributed by atoms with Gasteiger partial charge in [0, 0.05) is 33.1 Å². The van der Waals surface area contributed by atoms with Gasteiger partial charge in [0.15, 0.2) is 0 Å². The third kappa shape index (κ3) is 6.04. The van der Waals surface area contributed by atoms with Gasteiger partial charge < -0.3 is 9.47 Å². The van der Waals surface area contributed by atoms with Crippen LogP contribution in [-0.4, -0.2) is 4.57 Å². The zero-order valence-electron chi connectivity index (χ0n) is 36.8. The Morgan fingerprint density at radius 3 is 1.60 bits per heavy atom. The van der Waals surface area contributed by atoms with E-state index in [4.69, 9.17) is 0 Å². The number of fused-ring (bicyclic) bond motifs is 7. The Morgan fingerprint density at radius 2 is 0.851 bits per heavy atom. The molecule has 12 aromatic rings. The molecule has 0 aliphatic heterocycles. The highest BCUT2D eigenvalue weighted by molar-refractivity contribution is 6.11. The van der Waals surface area contributed by atoms with Crippen molar-refractivity contribution >= 4 is 49.6 Å². The summed E-state index contributed by atoms with van der Waals surface area (Å²) in [6.45, 7) is 0. The molecule has 0 fully saturated rings. The second-order valence-electron chi connectivity index (χ2n) is 17.6. The van der Waals surface area contributed by atoms with Gasteiger partial charge in [-0.3, -0.25) is 0 Å². The van der Waals surface area contributed by atoms with Gasteiger partial charge in [0.2, 0.25) is 0 Å². The van der Waals surface area contributed by atoms with Crippen molar-refractivity contribution in [2.75, 3.05) is 4.90 Å². The van der Waals surface area contributed by atoms with Crippen LogP contribution in [0.1, 0.15) is 22.3 Å². The molecular formula is C65H44N2. The molecule has 1 aromatic heterocycles. The highest BCUT2D eigenvalue weighted by Gasteiger charge is 2.47. The van der Waals surface area contributed by atoms with Crippen LogP contribution in [-0.2, 0) is 5.41 Å². The minimum absolute atomic E-state index is 0.490. The van der Waals surface area contributed by atoms with E-state index in [9.17, 15) is 0 Å². The topological polar surface area (TPSA) is 8.17 Å². The maximum Gasteiger partial charge on any atom is 0.0714 e. The van der Waals surface area contributed by atoms with Crippen molar-refractivity contribution < 1.29 is 0 Å². The predicted molar refractivity (Wildman–Crippen MR) is 281 cm³/mol. The quantitative estimate of drug-likeness (QED) is 0.148. The highest BCUT2D eigenvalue weighted by Crippen LogP contribution is 2.58. The number of benzene rings is 11. The molecule has 0 bridgehead atoms. The number of aromatic nitrogens is 1. The van der Waals surface area contributed by atoms with Crippen molar-refractivity contribution in [3.63, 3.8) is 0 Å².